The van der Waals surface area contributed by atoms with Gasteiger partial charge in [-0.2, -0.15) is 0 Å². The minimum Gasteiger partial charge on any atom is -0.466 e. The molecule has 1 aromatic carbocycles. The molecule has 0 bridgehead atoms. The zero-order chi connectivity index (χ0) is 14.3. The normalized spacial score (nSPS) is 9.95. The Morgan fingerprint density at radius 1 is 1.32 bits per heavy atom. The van der Waals surface area contributed by atoms with Crippen molar-refractivity contribution in [1.29, 1.82) is 0 Å². The molecule has 0 amide bonds. The summed E-state index contributed by atoms with van der Waals surface area (Å²) in [6, 6.07) is 5.46. The summed E-state index contributed by atoms with van der Waals surface area (Å²) in [6.45, 7) is 2.21. The molecule has 0 aliphatic carbocycles. The van der Waals surface area contributed by atoms with Crippen LogP contribution in [-0.2, 0) is 9.53 Å². The molecular weight excluding hydrogens is 250 g/mol. The number of hydrogen-bond acceptors (Lipinski definition) is 5. The minimum atomic E-state index is -0.563. The average Bonchev–Trinajstić information content (AvgIpc) is 2.42. The molecule has 1 rings (SSSR count). The average molecular weight is 265 g/mol. The summed E-state index contributed by atoms with van der Waals surface area (Å²) in [5.74, 6) is -0.738. The topological polar surface area (TPSA) is 86.5 Å². The van der Waals surface area contributed by atoms with Crippen molar-refractivity contribution in [1.82, 2.24) is 0 Å². The molecule has 0 fully saturated rings. The van der Waals surface area contributed by atoms with Crippen molar-refractivity contribution in [2.75, 3.05) is 6.61 Å². The summed E-state index contributed by atoms with van der Waals surface area (Å²) in [4.78, 5) is 33.0. The number of nitro groups is 1. The van der Waals surface area contributed by atoms with Crippen molar-refractivity contribution in [3.63, 3.8) is 0 Å². The lowest BCUT2D eigenvalue weighted by Crippen LogP contribution is -2.08. The first-order valence-corrected chi connectivity index (χ1v) is 5.98. The predicted molar refractivity (Wildman–Crippen MR) is 67.9 cm³/mol. The SMILES string of the molecule is CCCOC(=O)CCC(=O)c1cccc([N+](=O)[O-])c1. The molecule has 0 heterocycles. The summed E-state index contributed by atoms with van der Waals surface area (Å²) in [7, 11) is 0. The first kappa shape index (κ1) is 14.8. The van der Waals surface area contributed by atoms with E-state index >= 15 is 0 Å². The van der Waals surface area contributed by atoms with Crippen LogP contribution in [0.25, 0.3) is 0 Å². The highest BCUT2D eigenvalue weighted by Gasteiger charge is 2.13. The summed E-state index contributed by atoms with van der Waals surface area (Å²) in [5, 5.41) is 10.6. The Hall–Kier alpha value is -2.24. The van der Waals surface area contributed by atoms with E-state index in [-0.39, 0.29) is 29.9 Å². The Morgan fingerprint density at radius 2 is 2.05 bits per heavy atom. The lowest BCUT2D eigenvalue weighted by Gasteiger charge is -2.03. The molecular formula is C13H15NO5. The van der Waals surface area contributed by atoms with Crippen LogP contribution in [0.3, 0.4) is 0 Å². The van der Waals surface area contributed by atoms with Gasteiger partial charge in [0.05, 0.1) is 18.0 Å². The second-order valence-electron chi connectivity index (χ2n) is 3.95. The number of esters is 1. The fourth-order valence-electron chi connectivity index (χ4n) is 1.44. The molecule has 0 radical (unpaired) electrons. The van der Waals surface area contributed by atoms with Crippen molar-refractivity contribution in [2.45, 2.75) is 26.2 Å². The third-order valence-electron chi connectivity index (χ3n) is 2.40. The van der Waals surface area contributed by atoms with Gasteiger partial charge in [-0.05, 0) is 6.42 Å². The Morgan fingerprint density at radius 3 is 2.68 bits per heavy atom. The third kappa shape index (κ3) is 4.87. The highest BCUT2D eigenvalue weighted by molar-refractivity contribution is 5.98. The molecule has 0 atom stereocenters. The molecule has 0 N–H and O–H groups in total. The van der Waals surface area contributed by atoms with Gasteiger partial charge >= 0.3 is 5.97 Å². The number of non-ortho nitro benzene ring substituents is 1. The molecule has 1 aromatic rings. The largest absolute Gasteiger partial charge is 0.466 e. The highest BCUT2D eigenvalue weighted by Crippen LogP contribution is 2.15. The van der Waals surface area contributed by atoms with Crippen LogP contribution < -0.4 is 0 Å². The fraction of sp³-hybridized carbons (Fsp3) is 0.385. The van der Waals surface area contributed by atoms with Crippen molar-refractivity contribution in [2.24, 2.45) is 0 Å². The zero-order valence-corrected chi connectivity index (χ0v) is 10.6. The summed E-state index contributed by atoms with van der Waals surface area (Å²) < 4.78 is 4.84. The highest BCUT2D eigenvalue weighted by atomic mass is 16.6. The number of ketones is 1. The van der Waals surface area contributed by atoms with Crippen LogP contribution in [0.15, 0.2) is 24.3 Å². The van der Waals surface area contributed by atoms with Gasteiger partial charge in [0.25, 0.3) is 5.69 Å². The summed E-state index contributed by atoms with van der Waals surface area (Å²) in [6.07, 6.45) is 0.704. The molecule has 102 valence electrons. The van der Waals surface area contributed by atoms with Gasteiger partial charge in [0.15, 0.2) is 5.78 Å². The third-order valence-corrected chi connectivity index (χ3v) is 2.40. The molecule has 0 aliphatic rings. The molecule has 0 aromatic heterocycles. The molecule has 19 heavy (non-hydrogen) atoms. The van der Waals surface area contributed by atoms with E-state index in [0.717, 1.165) is 6.42 Å². The number of hydrogen-bond donors (Lipinski definition) is 0. The number of carbonyl (C=O) groups is 2. The molecule has 0 unspecified atom stereocenters. The van der Waals surface area contributed by atoms with Crippen LogP contribution in [0.2, 0.25) is 0 Å². The molecule has 6 heteroatoms. The molecule has 0 saturated heterocycles. The predicted octanol–water partition coefficient (Wildman–Crippen LogP) is 2.51. The maximum absolute atomic E-state index is 11.8. The standard InChI is InChI=1S/C13H15NO5/c1-2-8-19-13(16)7-6-12(15)10-4-3-5-11(9-10)14(17)18/h3-5,9H,2,6-8H2,1H3. The molecule has 0 spiro atoms. The first-order chi connectivity index (χ1) is 9.04. The van der Waals surface area contributed by atoms with Crippen LogP contribution in [0, 0.1) is 10.1 Å². The minimum absolute atomic E-state index is 0.0102. The maximum Gasteiger partial charge on any atom is 0.306 e. The van der Waals surface area contributed by atoms with Crippen molar-refractivity contribution in [3.05, 3.63) is 39.9 Å². The van der Waals surface area contributed by atoms with Gasteiger partial charge in [0.1, 0.15) is 0 Å². The quantitative estimate of drug-likeness (QED) is 0.327. The number of nitro benzene ring substituents is 1. The van der Waals surface area contributed by atoms with Gasteiger partial charge in [0.2, 0.25) is 0 Å². The lowest BCUT2D eigenvalue weighted by atomic mass is 10.1. The van der Waals surface area contributed by atoms with Gasteiger partial charge in [-0.1, -0.05) is 19.1 Å². The van der Waals surface area contributed by atoms with Crippen LogP contribution >= 0.6 is 0 Å². The summed E-state index contributed by atoms with van der Waals surface area (Å²) >= 11 is 0. The van der Waals surface area contributed by atoms with Gasteiger partial charge in [0, 0.05) is 24.1 Å². The lowest BCUT2D eigenvalue weighted by molar-refractivity contribution is -0.384. The number of Topliss-reactive ketones (excluding diaryl/α,β-unsaturated/α-hetero) is 1. The van der Waals surface area contributed by atoms with E-state index in [1.807, 2.05) is 6.92 Å². The van der Waals surface area contributed by atoms with E-state index < -0.39 is 10.9 Å². The Kier molecular flexibility index (Phi) is 5.66. The molecule has 0 aliphatic heterocycles. The number of rotatable bonds is 7. The fourth-order valence-corrected chi connectivity index (χ4v) is 1.44. The second-order valence-corrected chi connectivity index (χ2v) is 3.95. The number of benzene rings is 1. The van der Waals surface area contributed by atoms with Crippen molar-refractivity contribution < 1.29 is 19.2 Å². The van der Waals surface area contributed by atoms with E-state index in [4.69, 9.17) is 4.74 Å². The van der Waals surface area contributed by atoms with Crippen LogP contribution in [-0.4, -0.2) is 23.3 Å². The van der Waals surface area contributed by atoms with E-state index in [2.05, 4.69) is 0 Å². The van der Waals surface area contributed by atoms with E-state index in [0.29, 0.717) is 6.61 Å². The van der Waals surface area contributed by atoms with E-state index in [1.165, 1.54) is 24.3 Å². The molecule has 0 saturated carbocycles. The number of nitrogens with zero attached hydrogens (tertiary/aromatic N) is 1. The smallest absolute Gasteiger partial charge is 0.306 e. The Bertz CT molecular complexity index is 484. The second kappa shape index (κ2) is 7.25. The van der Waals surface area contributed by atoms with E-state index in [1.54, 1.807) is 0 Å². The maximum atomic E-state index is 11.8. The van der Waals surface area contributed by atoms with Crippen molar-refractivity contribution in [3.8, 4) is 0 Å². The zero-order valence-electron chi connectivity index (χ0n) is 10.6. The first-order valence-electron chi connectivity index (χ1n) is 5.98. The van der Waals surface area contributed by atoms with Gasteiger partial charge < -0.3 is 4.74 Å². The Labute approximate surface area is 110 Å². The Balaban J connectivity index is 2.56. The van der Waals surface area contributed by atoms with Gasteiger partial charge in [-0.15, -0.1) is 0 Å². The van der Waals surface area contributed by atoms with Crippen molar-refractivity contribution >= 4 is 17.4 Å². The van der Waals surface area contributed by atoms with Gasteiger partial charge in [-0.3, -0.25) is 19.7 Å². The summed E-state index contributed by atoms with van der Waals surface area (Å²) in [5.41, 5.74) is 0.0944. The number of carbonyl (C=O) groups excluding carboxylic acids is 2. The van der Waals surface area contributed by atoms with Crippen LogP contribution in [0.4, 0.5) is 5.69 Å². The van der Waals surface area contributed by atoms with E-state index in [9.17, 15) is 19.7 Å². The van der Waals surface area contributed by atoms with Gasteiger partial charge in [-0.25, -0.2) is 0 Å². The van der Waals surface area contributed by atoms with Crippen LogP contribution in [0.1, 0.15) is 36.5 Å². The van der Waals surface area contributed by atoms with Crippen LogP contribution in [0.5, 0.6) is 0 Å². The number of ether oxygens (including phenoxy) is 1. The monoisotopic (exact) mass is 265 g/mol. The molecule has 6 nitrogen and oxygen atoms in total.